The van der Waals surface area contributed by atoms with E-state index in [4.69, 9.17) is 0 Å². The van der Waals surface area contributed by atoms with Crippen molar-refractivity contribution in [2.24, 2.45) is 0 Å². The van der Waals surface area contributed by atoms with Crippen LogP contribution in [0.25, 0.3) is 0 Å². The second-order valence-electron chi connectivity index (χ2n) is 5.40. The molecule has 0 aliphatic heterocycles. The lowest BCUT2D eigenvalue weighted by atomic mass is 9.85. The summed E-state index contributed by atoms with van der Waals surface area (Å²) in [4.78, 5) is 12.9. The van der Waals surface area contributed by atoms with E-state index in [0.29, 0.717) is 0 Å². The topological polar surface area (TPSA) is 17.1 Å². The molecule has 3 aromatic carbocycles. The van der Waals surface area contributed by atoms with E-state index in [1.54, 1.807) is 0 Å². The van der Waals surface area contributed by atoms with E-state index in [-0.39, 0.29) is 11.7 Å². The molecule has 112 valence electrons. The third-order valence-electron chi connectivity index (χ3n) is 3.87. The van der Waals surface area contributed by atoms with Crippen LogP contribution in [0.3, 0.4) is 0 Å². The zero-order chi connectivity index (χ0) is 16.1. The molecule has 2 heteroatoms. The molecule has 0 heterocycles. The first-order valence-corrected chi connectivity index (χ1v) is 8.17. The minimum Gasteiger partial charge on any atom is -0.285 e. The molecule has 0 saturated heterocycles. The molecule has 0 aliphatic rings. The molecule has 0 N–H and O–H groups in total. The van der Waals surface area contributed by atoms with Gasteiger partial charge in [0, 0.05) is 5.56 Å². The van der Waals surface area contributed by atoms with Crippen LogP contribution in [0.1, 0.15) is 27.4 Å². The summed E-state index contributed by atoms with van der Waals surface area (Å²) >= 11 is 0. The molecular weight excluding hydrogens is 299 g/mol. The van der Waals surface area contributed by atoms with Crippen LogP contribution < -0.4 is 0 Å². The molecule has 0 aliphatic carbocycles. The Morgan fingerprint density at radius 3 is 1.48 bits per heavy atom. The maximum absolute atomic E-state index is 12.9. The second kappa shape index (κ2) is 7.17. The van der Waals surface area contributed by atoms with E-state index in [1.165, 1.54) is 0 Å². The first kappa shape index (κ1) is 15.4. The van der Waals surface area contributed by atoms with E-state index >= 15 is 0 Å². The highest BCUT2D eigenvalue weighted by Gasteiger charge is 2.28. The lowest BCUT2D eigenvalue weighted by molar-refractivity contribution is 0.106. The van der Waals surface area contributed by atoms with E-state index < -0.39 is 0 Å². The highest BCUT2D eigenvalue weighted by Crippen LogP contribution is 2.28. The van der Waals surface area contributed by atoms with Crippen molar-refractivity contribution in [1.29, 1.82) is 0 Å². The summed E-state index contributed by atoms with van der Waals surface area (Å²) in [5.41, 5.74) is 2.95. The Balaban J connectivity index is 2.02. The first-order valence-electron chi connectivity index (χ1n) is 7.59. The van der Waals surface area contributed by atoms with Gasteiger partial charge in [0.25, 0.3) is 0 Å². The van der Waals surface area contributed by atoms with Crippen molar-refractivity contribution in [3.05, 3.63) is 108 Å². The van der Waals surface area contributed by atoms with Crippen molar-refractivity contribution in [3.63, 3.8) is 0 Å². The van der Waals surface area contributed by atoms with E-state index in [1.807, 2.05) is 66.7 Å². The third kappa shape index (κ3) is 3.47. The minimum absolute atomic E-state index is 0.0601. The molecule has 0 radical (unpaired) electrons. The van der Waals surface area contributed by atoms with E-state index in [0.717, 1.165) is 22.0 Å². The van der Waals surface area contributed by atoms with Crippen molar-refractivity contribution in [3.8, 4) is 0 Å². The number of hydrogen-bond acceptors (Lipinski definition) is 1. The maximum Gasteiger partial charge on any atom is 0.231 e. The van der Waals surface area contributed by atoms with Crippen LogP contribution in [0, 0.1) is 0 Å². The van der Waals surface area contributed by atoms with E-state index in [2.05, 4.69) is 33.1 Å². The maximum atomic E-state index is 12.9. The average molecular weight is 317 g/mol. The smallest absolute Gasteiger partial charge is 0.231 e. The number of ketones is 1. The molecule has 3 rings (SSSR count). The van der Waals surface area contributed by atoms with Gasteiger partial charge in [0.1, 0.15) is 0 Å². The number of carbonyl (C=O) groups excluding carboxylic acids is 1. The zero-order valence-electron chi connectivity index (χ0n) is 12.7. The van der Waals surface area contributed by atoms with Crippen LogP contribution in [0.5, 0.6) is 0 Å². The molecule has 0 amide bonds. The van der Waals surface area contributed by atoms with Gasteiger partial charge in [-0.2, -0.15) is 0 Å². The lowest BCUT2D eigenvalue weighted by Gasteiger charge is -2.16. The van der Waals surface area contributed by atoms with Gasteiger partial charge in [-0.3, -0.25) is 4.79 Å². The number of carbonyl (C=O) groups is 1. The van der Waals surface area contributed by atoms with Crippen molar-refractivity contribution < 1.29 is 4.79 Å². The van der Waals surface area contributed by atoms with Crippen LogP contribution >= 0.6 is 8.86 Å². The van der Waals surface area contributed by atoms with Crippen LogP contribution in [0.4, 0.5) is 0 Å². The number of Topliss-reactive ketones (excluding diaryl/α,β-unsaturated/α-hetero) is 1. The summed E-state index contributed by atoms with van der Waals surface area (Å²) in [6, 6.07) is 29.7. The summed E-state index contributed by atoms with van der Waals surface area (Å²) in [6.07, 6.45) is 0. The van der Waals surface area contributed by atoms with Gasteiger partial charge >= 0.3 is 0 Å². The highest BCUT2D eigenvalue weighted by molar-refractivity contribution is 7.26. The molecule has 0 fully saturated rings. The van der Waals surface area contributed by atoms with Gasteiger partial charge in [-0.25, -0.2) is 0 Å². The molecule has 1 nitrogen and oxygen atoms in total. The van der Waals surface area contributed by atoms with Crippen molar-refractivity contribution in [2.75, 3.05) is 0 Å². The fraction of sp³-hybridized carbons (Fsp3) is 0.0476. The molecule has 0 saturated carbocycles. The normalized spacial score (nSPS) is 10.5. The molecule has 3 aromatic rings. The summed E-state index contributed by atoms with van der Waals surface area (Å²) in [5, 5.41) is 0.758. The lowest BCUT2D eigenvalue weighted by Crippen LogP contribution is -2.21. The summed E-state index contributed by atoms with van der Waals surface area (Å²) < 4.78 is 0. The van der Waals surface area contributed by atoms with Gasteiger partial charge in [-0.1, -0.05) is 91.0 Å². The Kier molecular flexibility index (Phi) is 4.80. The summed E-state index contributed by atoms with van der Waals surface area (Å²) in [6.45, 7) is 0. The van der Waals surface area contributed by atoms with Gasteiger partial charge in [0.2, 0.25) is 5.78 Å². The fourth-order valence-electron chi connectivity index (χ4n) is 2.73. The minimum atomic E-state index is -0.0601. The van der Waals surface area contributed by atoms with E-state index in [9.17, 15) is 4.79 Å². The molecule has 1 unspecified atom stereocenters. The predicted octanol–water partition coefficient (Wildman–Crippen LogP) is 4.75. The molecule has 1 atom stereocenters. The molecule has 0 bridgehead atoms. The molecule has 23 heavy (non-hydrogen) atoms. The van der Waals surface area contributed by atoms with Gasteiger partial charge in [0.05, 0.1) is 14.8 Å². The number of benzene rings is 3. The van der Waals surface area contributed by atoms with Crippen LogP contribution in [0.2, 0.25) is 0 Å². The molecule has 0 aromatic heterocycles. The Hall–Kier alpha value is -2.50. The van der Waals surface area contributed by atoms with Gasteiger partial charge in [-0.05, 0) is 11.1 Å². The third-order valence-corrected chi connectivity index (χ3v) is 4.47. The van der Waals surface area contributed by atoms with Gasteiger partial charge in [0.15, 0.2) is 5.29 Å². The van der Waals surface area contributed by atoms with Gasteiger partial charge < -0.3 is 0 Å². The SMILES string of the molecule is O=C(C(=[PH2+])C(c1ccccc1)c1ccccc1)c1ccccc1. The fourth-order valence-corrected chi connectivity index (χ4v) is 3.28. The van der Waals surface area contributed by atoms with Crippen molar-refractivity contribution in [2.45, 2.75) is 5.92 Å². The monoisotopic (exact) mass is 317 g/mol. The predicted molar refractivity (Wildman–Crippen MR) is 100 cm³/mol. The standard InChI is InChI=1S/C21H17OP/c22-20(18-14-8-3-9-15-18)21(23)19(16-10-4-1-5-11-16)17-12-6-2-7-13-17/h1-15,19,23H/p+1. The van der Waals surface area contributed by atoms with Crippen LogP contribution in [0.15, 0.2) is 91.0 Å². The molecular formula is C21H18OP+. The molecule has 0 spiro atoms. The Labute approximate surface area is 138 Å². The zero-order valence-corrected chi connectivity index (χ0v) is 13.9. The highest BCUT2D eigenvalue weighted by atomic mass is 31.0. The second-order valence-corrected chi connectivity index (χ2v) is 6.03. The first-order chi connectivity index (χ1) is 11.3. The average Bonchev–Trinajstić information content (AvgIpc) is 2.64. The Bertz CT molecular complexity index is 756. The Morgan fingerprint density at radius 2 is 1.04 bits per heavy atom. The number of rotatable bonds is 5. The summed E-state index contributed by atoms with van der Waals surface area (Å²) in [5.74, 6) is 0.00316. The van der Waals surface area contributed by atoms with Gasteiger partial charge in [-0.15, -0.1) is 0 Å². The van der Waals surface area contributed by atoms with Crippen LogP contribution in [-0.4, -0.2) is 11.1 Å². The van der Waals surface area contributed by atoms with Crippen molar-refractivity contribution >= 4 is 19.9 Å². The largest absolute Gasteiger partial charge is 0.285 e. The van der Waals surface area contributed by atoms with Crippen LogP contribution in [-0.2, 0) is 0 Å². The summed E-state index contributed by atoms with van der Waals surface area (Å²) in [7, 11) is 2.67. The Morgan fingerprint density at radius 1 is 0.652 bits per heavy atom. The number of hydrogen-bond donors (Lipinski definition) is 0. The van der Waals surface area contributed by atoms with Crippen molar-refractivity contribution in [1.82, 2.24) is 0 Å². The quantitative estimate of drug-likeness (QED) is 0.490.